The van der Waals surface area contributed by atoms with Crippen LogP contribution < -0.4 is 10.6 Å². The van der Waals surface area contributed by atoms with E-state index in [0.717, 1.165) is 30.6 Å². The summed E-state index contributed by atoms with van der Waals surface area (Å²) < 4.78 is 13.6. The molecule has 2 rings (SSSR count). The van der Waals surface area contributed by atoms with Crippen LogP contribution in [0.4, 0.5) is 10.1 Å². The number of hydrogen-bond donors (Lipinski definition) is 2. The Hall–Kier alpha value is -1.13. The molecule has 0 amide bonds. The lowest BCUT2D eigenvalue weighted by atomic mass is 9.90. The Bertz CT molecular complexity index is 393. The van der Waals surface area contributed by atoms with Crippen molar-refractivity contribution in [2.75, 3.05) is 18.1 Å². The molecule has 3 N–H and O–H groups in total. The summed E-state index contributed by atoms with van der Waals surface area (Å²) in [6.07, 6.45) is 4.25. The van der Waals surface area contributed by atoms with Gasteiger partial charge < -0.3 is 15.7 Å². The molecule has 0 aromatic heterocycles. The second-order valence-corrected chi connectivity index (χ2v) is 4.88. The highest BCUT2D eigenvalue weighted by atomic mass is 19.1. The summed E-state index contributed by atoms with van der Waals surface area (Å²) in [6.45, 7) is 1.29. The lowest BCUT2D eigenvalue weighted by Crippen LogP contribution is -2.41. The summed E-state index contributed by atoms with van der Waals surface area (Å²) in [5.41, 5.74) is 7.30. The SMILES string of the molecule is NCc1cc(F)cc(N(CCCO)C2CCC2)c1. The molecule has 0 spiro atoms. The summed E-state index contributed by atoms with van der Waals surface area (Å²) in [7, 11) is 0. The van der Waals surface area contributed by atoms with Crippen LogP contribution in [0.5, 0.6) is 0 Å². The molecule has 0 aliphatic heterocycles. The molecule has 1 saturated carbocycles. The standard InChI is InChI=1S/C14H21FN2O/c15-12-7-11(10-16)8-14(9-12)17(5-2-6-18)13-3-1-4-13/h7-9,13,18H,1-6,10,16H2. The normalized spacial score (nSPS) is 15.5. The van der Waals surface area contributed by atoms with Crippen molar-refractivity contribution >= 4 is 5.69 Å². The van der Waals surface area contributed by atoms with Crippen molar-refractivity contribution in [3.63, 3.8) is 0 Å². The monoisotopic (exact) mass is 252 g/mol. The minimum absolute atomic E-state index is 0.169. The average Bonchev–Trinajstić information content (AvgIpc) is 2.31. The maximum absolute atomic E-state index is 13.6. The third kappa shape index (κ3) is 3.00. The molecule has 3 nitrogen and oxygen atoms in total. The second-order valence-electron chi connectivity index (χ2n) is 4.88. The average molecular weight is 252 g/mol. The van der Waals surface area contributed by atoms with E-state index in [1.54, 1.807) is 6.07 Å². The Morgan fingerprint density at radius 2 is 2.11 bits per heavy atom. The number of rotatable bonds is 6. The van der Waals surface area contributed by atoms with Crippen LogP contribution in [0.1, 0.15) is 31.2 Å². The van der Waals surface area contributed by atoms with Crippen molar-refractivity contribution in [3.05, 3.63) is 29.6 Å². The predicted molar refractivity (Wildman–Crippen MR) is 71.0 cm³/mol. The van der Waals surface area contributed by atoms with E-state index in [9.17, 15) is 4.39 Å². The molecule has 0 bridgehead atoms. The Morgan fingerprint density at radius 3 is 2.67 bits per heavy atom. The molecule has 1 aliphatic carbocycles. The maximum atomic E-state index is 13.6. The zero-order chi connectivity index (χ0) is 13.0. The first-order valence-corrected chi connectivity index (χ1v) is 6.61. The second kappa shape index (κ2) is 6.16. The molecule has 0 unspecified atom stereocenters. The van der Waals surface area contributed by atoms with Crippen molar-refractivity contribution in [2.45, 2.75) is 38.3 Å². The van der Waals surface area contributed by atoms with Gasteiger partial charge in [-0.15, -0.1) is 0 Å². The van der Waals surface area contributed by atoms with Gasteiger partial charge in [-0.1, -0.05) is 0 Å². The number of halogens is 1. The Kier molecular flexibility index (Phi) is 4.55. The van der Waals surface area contributed by atoms with Crippen LogP contribution in [0.2, 0.25) is 0 Å². The summed E-state index contributed by atoms with van der Waals surface area (Å²) in [4.78, 5) is 2.21. The van der Waals surface area contributed by atoms with E-state index in [2.05, 4.69) is 4.90 Å². The molecule has 1 fully saturated rings. The lowest BCUT2D eigenvalue weighted by molar-refractivity contribution is 0.283. The van der Waals surface area contributed by atoms with Crippen LogP contribution in [-0.4, -0.2) is 24.3 Å². The minimum atomic E-state index is -0.235. The minimum Gasteiger partial charge on any atom is -0.396 e. The molecule has 1 aromatic carbocycles. The van der Waals surface area contributed by atoms with E-state index in [-0.39, 0.29) is 12.4 Å². The van der Waals surface area contributed by atoms with Gasteiger partial charge in [-0.25, -0.2) is 4.39 Å². The van der Waals surface area contributed by atoms with Crippen LogP contribution in [0.3, 0.4) is 0 Å². The third-order valence-corrected chi connectivity index (χ3v) is 3.58. The molecule has 1 aromatic rings. The van der Waals surface area contributed by atoms with Gasteiger partial charge in [0.25, 0.3) is 0 Å². The van der Waals surface area contributed by atoms with Gasteiger partial charge in [0, 0.05) is 31.4 Å². The number of anilines is 1. The van der Waals surface area contributed by atoms with E-state index >= 15 is 0 Å². The van der Waals surface area contributed by atoms with Crippen molar-refractivity contribution in [1.82, 2.24) is 0 Å². The van der Waals surface area contributed by atoms with Gasteiger partial charge in [0.2, 0.25) is 0 Å². The summed E-state index contributed by atoms with van der Waals surface area (Å²) in [5, 5.41) is 8.97. The van der Waals surface area contributed by atoms with E-state index in [1.165, 1.54) is 12.5 Å². The largest absolute Gasteiger partial charge is 0.396 e. The quantitative estimate of drug-likeness (QED) is 0.814. The van der Waals surface area contributed by atoms with Crippen LogP contribution in [0.15, 0.2) is 18.2 Å². The summed E-state index contributed by atoms with van der Waals surface area (Å²) >= 11 is 0. The molecule has 0 saturated heterocycles. The van der Waals surface area contributed by atoms with Gasteiger partial charge >= 0.3 is 0 Å². The molecule has 1 aliphatic rings. The first-order valence-electron chi connectivity index (χ1n) is 6.61. The smallest absolute Gasteiger partial charge is 0.125 e. The Labute approximate surface area is 107 Å². The third-order valence-electron chi connectivity index (χ3n) is 3.58. The van der Waals surface area contributed by atoms with Crippen molar-refractivity contribution in [3.8, 4) is 0 Å². The lowest BCUT2D eigenvalue weighted by Gasteiger charge is -2.39. The van der Waals surface area contributed by atoms with Crippen LogP contribution in [-0.2, 0) is 6.54 Å². The van der Waals surface area contributed by atoms with E-state index in [1.807, 2.05) is 6.07 Å². The number of aliphatic hydroxyl groups is 1. The Morgan fingerprint density at radius 1 is 1.33 bits per heavy atom. The molecule has 0 radical (unpaired) electrons. The zero-order valence-corrected chi connectivity index (χ0v) is 10.6. The number of benzene rings is 1. The van der Waals surface area contributed by atoms with Crippen molar-refractivity contribution in [1.29, 1.82) is 0 Å². The van der Waals surface area contributed by atoms with Crippen LogP contribution >= 0.6 is 0 Å². The highest BCUT2D eigenvalue weighted by Gasteiger charge is 2.25. The maximum Gasteiger partial charge on any atom is 0.125 e. The van der Waals surface area contributed by atoms with Gasteiger partial charge in [0.15, 0.2) is 0 Å². The number of aliphatic hydroxyl groups excluding tert-OH is 1. The number of nitrogens with zero attached hydrogens (tertiary/aromatic N) is 1. The van der Waals surface area contributed by atoms with E-state index in [4.69, 9.17) is 10.8 Å². The van der Waals surface area contributed by atoms with Gasteiger partial charge in [-0.05, 0) is 49.4 Å². The molecule has 100 valence electrons. The summed E-state index contributed by atoms with van der Waals surface area (Å²) in [6, 6.07) is 5.49. The van der Waals surface area contributed by atoms with Crippen molar-refractivity contribution in [2.24, 2.45) is 5.73 Å². The molecule has 4 heteroatoms. The molecule has 18 heavy (non-hydrogen) atoms. The molecule has 0 atom stereocenters. The highest BCUT2D eigenvalue weighted by molar-refractivity contribution is 5.50. The molecule has 0 heterocycles. The first-order chi connectivity index (χ1) is 8.74. The fourth-order valence-corrected chi connectivity index (χ4v) is 2.38. The predicted octanol–water partition coefficient (Wildman–Crippen LogP) is 2.03. The zero-order valence-electron chi connectivity index (χ0n) is 10.6. The fourth-order valence-electron chi connectivity index (χ4n) is 2.38. The van der Waals surface area contributed by atoms with Gasteiger partial charge in [0.05, 0.1) is 0 Å². The first kappa shape index (κ1) is 13.3. The van der Waals surface area contributed by atoms with Crippen LogP contribution in [0, 0.1) is 5.82 Å². The van der Waals surface area contributed by atoms with Gasteiger partial charge in [0.1, 0.15) is 5.82 Å². The molecular weight excluding hydrogens is 231 g/mol. The highest BCUT2D eigenvalue weighted by Crippen LogP contribution is 2.30. The van der Waals surface area contributed by atoms with Crippen molar-refractivity contribution < 1.29 is 9.50 Å². The molecular formula is C14H21FN2O. The number of hydrogen-bond acceptors (Lipinski definition) is 3. The van der Waals surface area contributed by atoms with Gasteiger partial charge in [-0.3, -0.25) is 0 Å². The fraction of sp³-hybridized carbons (Fsp3) is 0.571. The van der Waals surface area contributed by atoms with Gasteiger partial charge in [-0.2, -0.15) is 0 Å². The van der Waals surface area contributed by atoms with E-state index < -0.39 is 0 Å². The topological polar surface area (TPSA) is 49.5 Å². The Balaban J connectivity index is 2.19. The van der Waals surface area contributed by atoms with E-state index in [0.29, 0.717) is 19.0 Å². The van der Waals surface area contributed by atoms with Crippen LogP contribution in [0.25, 0.3) is 0 Å². The number of nitrogens with two attached hydrogens (primary N) is 1. The summed E-state index contributed by atoms with van der Waals surface area (Å²) in [5.74, 6) is -0.235.